The van der Waals surface area contributed by atoms with Crippen molar-refractivity contribution in [1.82, 2.24) is 9.97 Å². The summed E-state index contributed by atoms with van der Waals surface area (Å²) < 4.78 is 0. The van der Waals surface area contributed by atoms with Crippen molar-refractivity contribution in [3.63, 3.8) is 0 Å². The predicted octanol–water partition coefficient (Wildman–Crippen LogP) is 2.73. The van der Waals surface area contributed by atoms with E-state index in [-0.39, 0.29) is 0 Å². The average Bonchev–Trinajstić information content (AvgIpc) is 2.26. The van der Waals surface area contributed by atoms with Crippen molar-refractivity contribution >= 4 is 0 Å². The lowest BCUT2D eigenvalue weighted by atomic mass is 10.1. The molecule has 0 fully saturated rings. The maximum Gasteiger partial charge on any atom is 0.0619 e. The largest absolute Gasteiger partial charge is 0.254 e. The smallest absolute Gasteiger partial charge is 0.0619 e. The van der Waals surface area contributed by atoms with Crippen LogP contribution < -0.4 is 0 Å². The molecule has 1 aromatic heterocycles. The lowest BCUT2D eigenvalue weighted by Crippen LogP contribution is -2.08. The van der Waals surface area contributed by atoms with Crippen molar-refractivity contribution in [2.75, 3.05) is 0 Å². The molecule has 0 bridgehead atoms. The van der Waals surface area contributed by atoms with Gasteiger partial charge in [0, 0.05) is 0 Å². The Morgan fingerprint density at radius 2 is 0.786 bits per heavy atom. The fourth-order valence-electron chi connectivity index (χ4n) is 1.72. The molecule has 0 aromatic carbocycles. The van der Waals surface area contributed by atoms with Crippen LogP contribution in [0.5, 0.6) is 0 Å². The first kappa shape index (κ1) is 11.2. The Balaban J connectivity index is 3.20. The van der Waals surface area contributed by atoms with E-state index in [9.17, 15) is 0 Å². The molecule has 0 unspecified atom stereocenters. The molecule has 2 nitrogen and oxygen atoms in total. The molecule has 14 heavy (non-hydrogen) atoms. The van der Waals surface area contributed by atoms with Crippen molar-refractivity contribution in [2.24, 2.45) is 0 Å². The van der Waals surface area contributed by atoms with Crippen LogP contribution in [-0.2, 0) is 25.7 Å². The zero-order valence-electron chi connectivity index (χ0n) is 9.72. The maximum atomic E-state index is 4.69. The maximum absolute atomic E-state index is 4.69. The SMILES string of the molecule is CCc1nc(CC)c(CC)nc1CC. The van der Waals surface area contributed by atoms with Crippen LogP contribution in [0.15, 0.2) is 0 Å². The monoisotopic (exact) mass is 192 g/mol. The van der Waals surface area contributed by atoms with Gasteiger partial charge in [-0.25, -0.2) is 0 Å². The Morgan fingerprint density at radius 3 is 0.929 bits per heavy atom. The molecule has 0 saturated carbocycles. The van der Waals surface area contributed by atoms with Gasteiger partial charge in [0.15, 0.2) is 0 Å². The van der Waals surface area contributed by atoms with Crippen LogP contribution in [0.4, 0.5) is 0 Å². The first-order valence-corrected chi connectivity index (χ1v) is 5.64. The van der Waals surface area contributed by atoms with E-state index in [1.165, 1.54) is 22.8 Å². The molecule has 0 N–H and O–H groups in total. The fraction of sp³-hybridized carbons (Fsp3) is 0.667. The van der Waals surface area contributed by atoms with Gasteiger partial charge in [0.05, 0.1) is 22.8 Å². The molecule has 0 atom stereocenters. The second-order valence-electron chi connectivity index (χ2n) is 3.42. The lowest BCUT2D eigenvalue weighted by molar-refractivity contribution is 0.813. The number of aryl methyl sites for hydroxylation is 4. The Hall–Kier alpha value is -0.920. The first-order chi connectivity index (χ1) is 6.76. The molecule has 2 heteroatoms. The molecular formula is C12H20N2. The van der Waals surface area contributed by atoms with Gasteiger partial charge in [0.1, 0.15) is 0 Å². The van der Waals surface area contributed by atoms with Gasteiger partial charge in [0.25, 0.3) is 0 Å². The highest BCUT2D eigenvalue weighted by Crippen LogP contribution is 2.12. The molecule has 0 saturated heterocycles. The standard InChI is InChI=1S/C12H20N2/c1-5-9-10(6-2)14-12(8-4)11(7-3)13-9/h5-8H2,1-4H3. The second kappa shape index (κ2) is 5.08. The third-order valence-electron chi connectivity index (χ3n) is 2.55. The van der Waals surface area contributed by atoms with Crippen LogP contribution in [0.1, 0.15) is 50.5 Å². The summed E-state index contributed by atoms with van der Waals surface area (Å²) in [6.45, 7) is 8.59. The topological polar surface area (TPSA) is 25.8 Å². The van der Waals surface area contributed by atoms with E-state index in [4.69, 9.17) is 0 Å². The quantitative estimate of drug-likeness (QED) is 0.733. The summed E-state index contributed by atoms with van der Waals surface area (Å²) in [7, 11) is 0. The highest BCUT2D eigenvalue weighted by molar-refractivity contribution is 5.20. The number of rotatable bonds is 4. The normalized spacial score (nSPS) is 10.6. The third kappa shape index (κ3) is 2.11. The lowest BCUT2D eigenvalue weighted by Gasteiger charge is -2.10. The Kier molecular flexibility index (Phi) is 4.05. The van der Waals surface area contributed by atoms with E-state index < -0.39 is 0 Å². The molecule has 0 aliphatic heterocycles. The van der Waals surface area contributed by atoms with Gasteiger partial charge < -0.3 is 0 Å². The molecule has 0 spiro atoms. The Morgan fingerprint density at radius 1 is 0.571 bits per heavy atom. The van der Waals surface area contributed by atoms with Gasteiger partial charge in [-0.2, -0.15) is 0 Å². The van der Waals surface area contributed by atoms with Crippen LogP contribution in [0, 0.1) is 0 Å². The van der Waals surface area contributed by atoms with Crippen molar-refractivity contribution in [2.45, 2.75) is 53.4 Å². The van der Waals surface area contributed by atoms with Crippen LogP contribution in [0.25, 0.3) is 0 Å². The zero-order chi connectivity index (χ0) is 10.6. The molecule has 0 aliphatic rings. The highest BCUT2D eigenvalue weighted by atomic mass is 14.8. The Bertz CT molecular complexity index is 247. The van der Waals surface area contributed by atoms with E-state index in [0.29, 0.717) is 0 Å². The molecule has 0 aliphatic carbocycles. The van der Waals surface area contributed by atoms with Gasteiger partial charge in [-0.3, -0.25) is 9.97 Å². The van der Waals surface area contributed by atoms with Gasteiger partial charge in [-0.15, -0.1) is 0 Å². The summed E-state index contributed by atoms with van der Waals surface area (Å²) in [6.07, 6.45) is 3.97. The molecule has 0 radical (unpaired) electrons. The molecule has 1 rings (SSSR count). The molecule has 1 aromatic rings. The number of hydrogen-bond acceptors (Lipinski definition) is 2. The van der Waals surface area contributed by atoms with E-state index in [0.717, 1.165) is 25.7 Å². The van der Waals surface area contributed by atoms with E-state index in [1.807, 2.05) is 0 Å². The fourth-order valence-corrected chi connectivity index (χ4v) is 1.72. The zero-order valence-corrected chi connectivity index (χ0v) is 9.72. The van der Waals surface area contributed by atoms with Gasteiger partial charge in [-0.1, -0.05) is 27.7 Å². The van der Waals surface area contributed by atoms with Crippen LogP contribution in [0.2, 0.25) is 0 Å². The number of hydrogen-bond donors (Lipinski definition) is 0. The van der Waals surface area contributed by atoms with Gasteiger partial charge in [-0.05, 0) is 25.7 Å². The highest BCUT2D eigenvalue weighted by Gasteiger charge is 2.08. The first-order valence-electron chi connectivity index (χ1n) is 5.64. The molecule has 78 valence electrons. The summed E-state index contributed by atoms with van der Waals surface area (Å²) in [5.74, 6) is 0. The van der Waals surface area contributed by atoms with Crippen LogP contribution in [0.3, 0.4) is 0 Å². The van der Waals surface area contributed by atoms with E-state index >= 15 is 0 Å². The minimum Gasteiger partial charge on any atom is -0.254 e. The van der Waals surface area contributed by atoms with Gasteiger partial charge in [0.2, 0.25) is 0 Å². The van der Waals surface area contributed by atoms with Gasteiger partial charge >= 0.3 is 0 Å². The van der Waals surface area contributed by atoms with Crippen molar-refractivity contribution < 1.29 is 0 Å². The minimum atomic E-state index is 0.993. The van der Waals surface area contributed by atoms with E-state index in [2.05, 4.69) is 37.7 Å². The van der Waals surface area contributed by atoms with E-state index in [1.54, 1.807) is 0 Å². The third-order valence-corrected chi connectivity index (χ3v) is 2.55. The summed E-state index contributed by atoms with van der Waals surface area (Å²) in [5.41, 5.74) is 4.73. The molecule has 0 amide bonds. The summed E-state index contributed by atoms with van der Waals surface area (Å²) >= 11 is 0. The summed E-state index contributed by atoms with van der Waals surface area (Å²) in [4.78, 5) is 9.38. The van der Waals surface area contributed by atoms with Crippen molar-refractivity contribution in [1.29, 1.82) is 0 Å². The number of nitrogens with zero attached hydrogens (tertiary/aromatic N) is 2. The Labute approximate surface area is 86.8 Å². The van der Waals surface area contributed by atoms with Crippen LogP contribution >= 0.6 is 0 Å². The predicted molar refractivity (Wildman–Crippen MR) is 59.5 cm³/mol. The van der Waals surface area contributed by atoms with Crippen LogP contribution in [-0.4, -0.2) is 9.97 Å². The summed E-state index contributed by atoms with van der Waals surface area (Å²) in [6, 6.07) is 0. The average molecular weight is 192 g/mol. The molecule has 1 heterocycles. The second-order valence-corrected chi connectivity index (χ2v) is 3.42. The molecular weight excluding hydrogens is 172 g/mol. The van der Waals surface area contributed by atoms with Crippen molar-refractivity contribution in [3.8, 4) is 0 Å². The minimum absolute atomic E-state index is 0.993. The van der Waals surface area contributed by atoms with Crippen molar-refractivity contribution in [3.05, 3.63) is 22.8 Å². The number of aromatic nitrogens is 2. The summed E-state index contributed by atoms with van der Waals surface area (Å²) in [5, 5.41) is 0.